The fraction of sp³-hybridized carbons (Fsp3) is 0.0769. The van der Waals surface area contributed by atoms with E-state index in [-0.39, 0.29) is 16.6 Å². The van der Waals surface area contributed by atoms with E-state index in [1.54, 1.807) is 13.0 Å². The second-order valence-corrected chi connectivity index (χ2v) is 4.32. The summed E-state index contributed by atoms with van der Waals surface area (Å²) in [5, 5.41) is 0. The lowest BCUT2D eigenvalue weighted by Gasteiger charge is -2.11. The van der Waals surface area contributed by atoms with Crippen LogP contribution in [-0.2, 0) is 0 Å². The van der Waals surface area contributed by atoms with Crippen molar-refractivity contribution in [2.75, 3.05) is 0 Å². The molecule has 98 valence electrons. The van der Waals surface area contributed by atoms with Crippen LogP contribution in [-0.4, -0.2) is 9.97 Å². The molecule has 3 nitrogen and oxygen atoms in total. The van der Waals surface area contributed by atoms with Crippen molar-refractivity contribution in [1.29, 1.82) is 0 Å². The first-order valence-electron chi connectivity index (χ1n) is 5.36. The third-order valence-electron chi connectivity index (χ3n) is 2.42. The van der Waals surface area contributed by atoms with Crippen molar-refractivity contribution in [3.63, 3.8) is 0 Å². The molecule has 0 radical (unpaired) electrons. The Morgan fingerprint density at radius 2 is 1.89 bits per heavy atom. The molecular formula is C13H10F2N2OS. The lowest BCUT2D eigenvalue weighted by Crippen LogP contribution is -2.13. The number of nitrogens with zero attached hydrogens (tertiary/aromatic N) is 1. The van der Waals surface area contributed by atoms with E-state index in [1.807, 2.05) is 0 Å². The zero-order valence-electron chi connectivity index (χ0n) is 9.98. The van der Waals surface area contributed by atoms with Crippen LogP contribution in [0.5, 0.6) is 11.6 Å². The van der Waals surface area contributed by atoms with Gasteiger partial charge in [-0.1, -0.05) is 12.2 Å². The number of halogens is 2. The Balaban J connectivity index is 2.43. The molecule has 0 bridgehead atoms. The van der Waals surface area contributed by atoms with Gasteiger partial charge in [-0.2, -0.15) is 0 Å². The molecule has 2 rings (SSSR count). The molecule has 0 aliphatic rings. The van der Waals surface area contributed by atoms with E-state index in [1.165, 1.54) is 6.20 Å². The summed E-state index contributed by atoms with van der Waals surface area (Å²) < 4.78 is 31.5. The largest absolute Gasteiger partial charge is 0.438 e. The van der Waals surface area contributed by atoms with Crippen LogP contribution in [0.25, 0.3) is 0 Å². The first-order chi connectivity index (χ1) is 8.97. The molecule has 0 unspecified atom stereocenters. The minimum absolute atomic E-state index is 0.00639. The van der Waals surface area contributed by atoms with Crippen molar-refractivity contribution in [1.82, 2.24) is 4.98 Å². The maximum absolute atomic E-state index is 13.1. The number of rotatable bonds is 3. The number of thiocarbonyl (C=S) groups is 1. The van der Waals surface area contributed by atoms with E-state index >= 15 is 0 Å². The Kier molecular flexibility index (Phi) is 3.71. The summed E-state index contributed by atoms with van der Waals surface area (Å²) in [5.74, 6) is -1.36. The monoisotopic (exact) mass is 280 g/mol. The van der Waals surface area contributed by atoms with Gasteiger partial charge in [0.2, 0.25) is 5.88 Å². The SMILES string of the molecule is Cc1ccnc(Oc2cc(F)cc(F)c2)c1C(N)=S. The Labute approximate surface area is 114 Å². The molecule has 0 atom stereocenters. The number of nitrogens with two attached hydrogens (primary N) is 1. The maximum atomic E-state index is 13.1. The third kappa shape index (κ3) is 3.03. The highest BCUT2D eigenvalue weighted by Gasteiger charge is 2.13. The highest BCUT2D eigenvalue weighted by molar-refractivity contribution is 7.80. The number of ether oxygens (including phenoxy) is 1. The summed E-state index contributed by atoms with van der Waals surface area (Å²) in [6.45, 7) is 1.79. The van der Waals surface area contributed by atoms with Gasteiger partial charge in [0.05, 0.1) is 5.56 Å². The van der Waals surface area contributed by atoms with Crippen molar-refractivity contribution in [2.24, 2.45) is 5.73 Å². The Hall–Kier alpha value is -2.08. The van der Waals surface area contributed by atoms with Gasteiger partial charge in [-0.25, -0.2) is 13.8 Å². The average Bonchev–Trinajstić information content (AvgIpc) is 2.26. The molecule has 1 aromatic carbocycles. The molecule has 2 N–H and O–H groups in total. The third-order valence-corrected chi connectivity index (χ3v) is 2.63. The van der Waals surface area contributed by atoms with Crippen LogP contribution in [0.3, 0.4) is 0 Å². The van der Waals surface area contributed by atoms with E-state index in [4.69, 9.17) is 22.7 Å². The predicted molar refractivity (Wildman–Crippen MR) is 71.3 cm³/mol. The molecule has 1 aromatic heterocycles. The molecule has 0 amide bonds. The molecule has 1 heterocycles. The van der Waals surface area contributed by atoms with Crippen LogP contribution >= 0.6 is 12.2 Å². The summed E-state index contributed by atoms with van der Waals surface area (Å²) in [6, 6.07) is 4.57. The van der Waals surface area contributed by atoms with Gasteiger partial charge in [-0.05, 0) is 18.6 Å². The molecule has 0 aliphatic heterocycles. The minimum Gasteiger partial charge on any atom is -0.438 e. The fourth-order valence-electron chi connectivity index (χ4n) is 1.61. The van der Waals surface area contributed by atoms with Gasteiger partial charge in [0.15, 0.2) is 0 Å². The topological polar surface area (TPSA) is 48.1 Å². The van der Waals surface area contributed by atoms with Gasteiger partial charge < -0.3 is 10.5 Å². The van der Waals surface area contributed by atoms with Crippen LogP contribution in [0.4, 0.5) is 8.78 Å². The number of aromatic nitrogens is 1. The summed E-state index contributed by atoms with van der Waals surface area (Å²) in [4.78, 5) is 4.09. The van der Waals surface area contributed by atoms with Crippen LogP contribution in [0, 0.1) is 18.6 Å². The van der Waals surface area contributed by atoms with E-state index in [0.29, 0.717) is 5.56 Å². The first-order valence-corrected chi connectivity index (χ1v) is 5.77. The second-order valence-electron chi connectivity index (χ2n) is 3.88. The minimum atomic E-state index is -0.737. The summed E-state index contributed by atoms with van der Waals surface area (Å²) in [7, 11) is 0. The zero-order chi connectivity index (χ0) is 14.0. The van der Waals surface area contributed by atoms with Crippen LogP contribution in [0.15, 0.2) is 30.5 Å². The molecule has 0 saturated heterocycles. The zero-order valence-corrected chi connectivity index (χ0v) is 10.8. The highest BCUT2D eigenvalue weighted by atomic mass is 32.1. The lowest BCUT2D eigenvalue weighted by molar-refractivity contribution is 0.450. The van der Waals surface area contributed by atoms with Crippen LogP contribution < -0.4 is 10.5 Å². The molecule has 0 spiro atoms. The Morgan fingerprint density at radius 3 is 2.47 bits per heavy atom. The van der Waals surface area contributed by atoms with Crippen molar-refractivity contribution in [3.05, 3.63) is 53.2 Å². The van der Waals surface area contributed by atoms with Crippen molar-refractivity contribution in [3.8, 4) is 11.6 Å². The predicted octanol–water partition coefficient (Wildman–Crippen LogP) is 3.09. The summed E-state index contributed by atoms with van der Waals surface area (Å²) >= 11 is 4.91. The number of aryl methyl sites for hydroxylation is 1. The molecule has 2 aromatic rings. The second kappa shape index (κ2) is 5.27. The van der Waals surface area contributed by atoms with Crippen molar-refractivity contribution < 1.29 is 13.5 Å². The van der Waals surface area contributed by atoms with Gasteiger partial charge in [0, 0.05) is 24.4 Å². The van der Waals surface area contributed by atoms with Crippen LogP contribution in [0.2, 0.25) is 0 Å². The van der Waals surface area contributed by atoms with Gasteiger partial charge in [0.1, 0.15) is 22.4 Å². The van der Waals surface area contributed by atoms with Gasteiger partial charge in [-0.3, -0.25) is 0 Å². The van der Waals surface area contributed by atoms with E-state index in [2.05, 4.69) is 4.98 Å². The lowest BCUT2D eigenvalue weighted by atomic mass is 10.1. The van der Waals surface area contributed by atoms with E-state index in [9.17, 15) is 8.78 Å². The number of hydrogen-bond acceptors (Lipinski definition) is 3. The number of pyridine rings is 1. The molecule has 19 heavy (non-hydrogen) atoms. The maximum Gasteiger partial charge on any atom is 0.229 e. The molecule has 0 aliphatic carbocycles. The van der Waals surface area contributed by atoms with Gasteiger partial charge >= 0.3 is 0 Å². The quantitative estimate of drug-likeness (QED) is 0.878. The van der Waals surface area contributed by atoms with Gasteiger partial charge in [-0.15, -0.1) is 0 Å². The molecule has 0 saturated carbocycles. The highest BCUT2D eigenvalue weighted by Crippen LogP contribution is 2.26. The van der Waals surface area contributed by atoms with E-state index in [0.717, 1.165) is 23.8 Å². The molecule has 6 heteroatoms. The average molecular weight is 280 g/mol. The van der Waals surface area contributed by atoms with Gasteiger partial charge in [0.25, 0.3) is 0 Å². The van der Waals surface area contributed by atoms with Crippen molar-refractivity contribution >= 4 is 17.2 Å². The summed E-state index contributed by atoms with van der Waals surface area (Å²) in [5.41, 5.74) is 6.81. The normalized spacial score (nSPS) is 10.3. The van der Waals surface area contributed by atoms with Crippen LogP contribution in [0.1, 0.15) is 11.1 Å². The number of benzene rings is 1. The van der Waals surface area contributed by atoms with E-state index < -0.39 is 11.6 Å². The Bertz CT molecular complexity index is 626. The Morgan fingerprint density at radius 1 is 1.26 bits per heavy atom. The molecular weight excluding hydrogens is 270 g/mol. The summed E-state index contributed by atoms with van der Waals surface area (Å²) in [6.07, 6.45) is 1.50. The smallest absolute Gasteiger partial charge is 0.229 e. The molecule has 0 fully saturated rings. The number of hydrogen-bond donors (Lipinski definition) is 1. The standard InChI is InChI=1S/C13H10F2N2OS/c1-7-2-3-17-13(11(7)12(16)19)18-10-5-8(14)4-9(15)6-10/h2-6H,1H3,(H2,16,19). The fourth-order valence-corrected chi connectivity index (χ4v) is 1.86. The first kappa shape index (κ1) is 13.4. The van der Waals surface area contributed by atoms with Crippen molar-refractivity contribution in [2.45, 2.75) is 6.92 Å².